The van der Waals surface area contributed by atoms with Crippen LogP contribution in [-0.2, 0) is 0 Å². The highest BCUT2D eigenvalue weighted by Crippen LogP contribution is 2.35. The zero-order chi connectivity index (χ0) is 11.3. The normalized spacial score (nSPS) is 10.0. The Morgan fingerprint density at radius 3 is 2.80 bits per heavy atom. The summed E-state index contributed by atoms with van der Waals surface area (Å²) in [5.74, 6) is 0.149. The Balaban J connectivity index is 2.83. The molecule has 0 aliphatic carbocycles. The molecule has 1 aromatic carbocycles. The van der Waals surface area contributed by atoms with Crippen LogP contribution in [-0.4, -0.2) is 18.0 Å². The zero-order valence-corrected chi connectivity index (χ0v) is 9.25. The Hall–Kier alpha value is -1.22. The van der Waals surface area contributed by atoms with Gasteiger partial charge in [0.2, 0.25) is 0 Å². The van der Waals surface area contributed by atoms with E-state index < -0.39 is 0 Å². The van der Waals surface area contributed by atoms with Crippen molar-refractivity contribution in [3.63, 3.8) is 0 Å². The van der Waals surface area contributed by atoms with Gasteiger partial charge in [-0.15, -0.1) is 0 Å². The van der Waals surface area contributed by atoms with Crippen LogP contribution in [0.3, 0.4) is 0 Å². The zero-order valence-electron chi connectivity index (χ0n) is 8.50. The molecule has 0 bridgehead atoms. The lowest BCUT2D eigenvalue weighted by Crippen LogP contribution is -1.98. The van der Waals surface area contributed by atoms with Gasteiger partial charge in [0, 0.05) is 5.56 Å². The summed E-state index contributed by atoms with van der Waals surface area (Å²) < 4.78 is 5.31. The van der Waals surface area contributed by atoms with Crippen molar-refractivity contribution in [3.05, 3.63) is 22.7 Å². The number of hydrogen-bond acceptors (Lipinski definition) is 3. The number of benzene rings is 1. The van der Waals surface area contributed by atoms with Gasteiger partial charge in [-0.05, 0) is 18.6 Å². The van der Waals surface area contributed by atoms with Crippen molar-refractivity contribution in [3.8, 4) is 11.5 Å². The lowest BCUT2D eigenvalue weighted by atomic mass is 10.2. The molecule has 0 amide bonds. The van der Waals surface area contributed by atoms with Gasteiger partial charge < -0.3 is 9.84 Å². The topological polar surface area (TPSA) is 46.5 Å². The largest absolute Gasteiger partial charge is 0.504 e. The number of unbranched alkanes of at least 4 members (excludes halogenated alkanes) is 1. The average molecular weight is 229 g/mol. The first-order valence-corrected chi connectivity index (χ1v) is 5.17. The van der Waals surface area contributed by atoms with Crippen LogP contribution >= 0.6 is 11.6 Å². The van der Waals surface area contributed by atoms with Crippen molar-refractivity contribution in [2.75, 3.05) is 6.61 Å². The highest BCUT2D eigenvalue weighted by Gasteiger charge is 2.09. The van der Waals surface area contributed by atoms with Gasteiger partial charge in [-0.3, -0.25) is 4.79 Å². The number of halogens is 1. The molecule has 0 aliphatic heterocycles. The molecule has 0 saturated heterocycles. The summed E-state index contributed by atoms with van der Waals surface area (Å²) in [6.07, 6.45) is 2.53. The average Bonchev–Trinajstić information content (AvgIpc) is 2.22. The summed E-state index contributed by atoms with van der Waals surface area (Å²) in [5.41, 5.74) is 0.334. The minimum absolute atomic E-state index is 0.0966. The molecule has 0 heterocycles. The number of ether oxygens (including phenoxy) is 1. The van der Waals surface area contributed by atoms with Gasteiger partial charge in [0.05, 0.1) is 11.6 Å². The summed E-state index contributed by atoms with van der Waals surface area (Å²) >= 11 is 5.85. The molecular weight excluding hydrogens is 216 g/mol. The third-order valence-electron chi connectivity index (χ3n) is 1.93. The summed E-state index contributed by atoms with van der Waals surface area (Å²) in [7, 11) is 0. The minimum atomic E-state index is -0.0966. The lowest BCUT2D eigenvalue weighted by Gasteiger charge is -2.09. The standard InChI is InChI=1S/C11H13ClO3/c1-2-3-4-15-11-9(12)5-8(7-13)6-10(11)14/h5-7,14H,2-4H2,1H3. The van der Waals surface area contributed by atoms with E-state index in [1.54, 1.807) is 0 Å². The molecule has 0 atom stereocenters. The van der Waals surface area contributed by atoms with E-state index in [1.165, 1.54) is 12.1 Å². The second-order valence-electron chi connectivity index (χ2n) is 3.17. The highest BCUT2D eigenvalue weighted by molar-refractivity contribution is 6.32. The van der Waals surface area contributed by atoms with Gasteiger partial charge >= 0.3 is 0 Å². The predicted molar refractivity (Wildman–Crippen MR) is 58.9 cm³/mol. The van der Waals surface area contributed by atoms with Crippen molar-refractivity contribution in [2.45, 2.75) is 19.8 Å². The van der Waals surface area contributed by atoms with Gasteiger partial charge in [0.15, 0.2) is 11.5 Å². The Bertz CT molecular complexity index is 327. The number of aromatic hydroxyl groups is 1. The fourth-order valence-corrected chi connectivity index (χ4v) is 1.41. The van der Waals surface area contributed by atoms with Crippen molar-refractivity contribution in [1.29, 1.82) is 0 Å². The molecule has 0 aromatic heterocycles. The molecule has 15 heavy (non-hydrogen) atoms. The molecule has 1 N–H and O–H groups in total. The van der Waals surface area contributed by atoms with E-state index in [-0.39, 0.29) is 16.5 Å². The van der Waals surface area contributed by atoms with Gasteiger partial charge in [-0.1, -0.05) is 24.9 Å². The molecule has 0 fully saturated rings. The Morgan fingerprint density at radius 1 is 1.53 bits per heavy atom. The predicted octanol–water partition coefficient (Wildman–Crippen LogP) is 3.04. The number of phenols is 1. The Morgan fingerprint density at radius 2 is 2.27 bits per heavy atom. The van der Waals surface area contributed by atoms with Crippen molar-refractivity contribution >= 4 is 17.9 Å². The molecule has 0 aliphatic rings. The Kier molecular flexibility index (Phi) is 4.43. The van der Waals surface area contributed by atoms with Crippen LogP contribution in [0, 0.1) is 0 Å². The molecule has 82 valence electrons. The molecule has 1 aromatic rings. The maximum absolute atomic E-state index is 10.5. The third kappa shape index (κ3) is 3.13. The summed E-state index contributed by atoms with van der Waals surface area (Å²) in [5, 5.41) is 9.79. The van der Waals surface area contributed by atoms with Crippen LogP contribution in [0.5, 0.6) is 11.5 Å². The molecule has 1 rings (SSSR count). The number of carbonyl (C=O) groups is 1. The van der Waals surface area contributed by atoms with Crippen LogP contribution in [0.1, 0.15) is 30.1 Å². The van der Waals surface area contributed by atoms with E-state index in [2.05, 4.69) is 0 Å². The first kappa shape index (κ1) is 11.9. The van der Waals surface area contributed by atoms with Crippen LogP contribution < -0.4 is 4.74 Å². The molecule has 0 saturated carbocycles. The molecule has 3 nitrogen and oxygen atoms in total. The van der Waals surface area contributed by atoms with Crippen LogP contribution in [0.2, 0.25) is 5.02 Å². The van der Waals surface area contributed by atoms with E-state index in [1.807, 2.05) is 6.92 Å². The second kappa shape index (κ2) is 5.61. The first-order valence-electron chi connectivity index (χ1n) is 4.79. The van der Waals surface area contributed by atoms with Crippen LogP contribution in [0.15, 0.2) is 12.1 Å². The van der Waals surface area contributed by atoms with Gasteiger partial charge in [-0.2, -0.15) is 0 Å². The van der Waals surface area contributed by atoms with E-state index in [4.69, 9.17) is 16.3 Å². The van der Waals surface area contributed by atoms with E-state index in [0.717, 1.165) is 12.8 Å². The number of phenolic OH excluding ortho intramolecular Hbond substituents is 1. The van der Waals surface area contributed by atoms with E-state index in [0.29, 0.717) is 18.5 Å². The lowest BCUT2D eigenvalue weighted by molar-refractivity contribution is 0.112. The van der Waals surface area contributed by atoms with Crippen molar-refractivity contribution in [2.24, 2.45) is 0 Å². The molecule has 4 heteroatoms. The first-order chi connectivity index (χ1) is 7.19. The number of rotatable bonds is 5. The maximum atomic E-state index is 10.5. The molecule has 0 radical (unpaired) electrons. The fraction of sp³-hybridized carbons (Fsp3) is 0.364. The quantitative estimate of drug-likeness (QED) is 0.623. The third-order valence-corrected chi connectivity index (χ3v) is 2.21. The van der Waals surface area contributed by atoms with Gasteiger partial charge in [0.1, 0.15) is 6.29 Å². The van der Waals surface area contributed by atoms with Crippen LogP contribution in [0.4, 0.5) is 0 Å². The molecular formula is C11H13ClO3. The number of aldehydes is 1. The highest BCUT2D eigenvalue weighted by atomic mass is 35.5. The second-order valence-corrected chi connectivity index (χ2v) is 3.58. The molecule has 0 spiro atoms. The summed E-state index contributed by atoms with van der Waals surface area (Å²) in [4.78, 5) is 10.5. The number of hydrogen-bond donors (Lipinski definition) is 1. The smallest absolute Gasteiger partial charge is 0.179 e. The van der Waals surface area contributed by atoms with Gasteiger partial charge in [0.25, 0.3) is 0 Å². The van der Waals surface area contributed by atoms with Crippen LogP contribution in [0.25, 0.3) is 0 Å². The summed E-state index contributed by atoms with van der Waals surface area (Å²) in [6.45, 7) is 2.55. The van der Waals surface area contributed by atoms with Crippen molar-refractivity contribution in [1.82, 2.24) is 0 Å². The molecule has 0 unspecified atom stereocenters. The monoisotopic (exact) mass is 228 g/mol. The Labute approximate surface area is 93.6 Å². The van der Waals surface area contributed by atoms with Gasteiger partial charge in [-0.25, -0.2) is 0 Å². The summed E-state index contributed by atoms with van der Waals surface area (Å²) in [6, 6.07) is 2.80. The van der Waals surface area contributed by atoms with E-state index in [9.17, 15) is 9.90 Å². The van der Waals surface area contributed by atoms with E-state index >= 15 is 0 Å². The SMILES string of the molecule is CCCCOc1c(O)cc(C=O)cc1Cl. The fourth-order valence-electron chi connectivity index (χ4n) is 1.13. The number of carbonyl (C=O) groups excluding carboxylic acids is 1. The minimum Gasteiger partial charge on any atom is -0.504 e. The maximum Gasteiger partial charge on any atom is 0.179 e. The van der Waals surface area contributed by atoms with Crippen molar-refractivity contribution < 1.29 is 14.6 Å².